The van der Waals surface area contributed by atoms with Crippen LogP contribution in [0.2, 0.25) is 0 Å². The van der Waals surface area contributed by atoms with Crippen molar-refractivity contribution in [1.29, 1.82) is 0 Å². The van der Waals surface area contributed by atoms with E-state index in [0.717, 1.165) is 34.0 Å². The fraction of sp³-hybridized carbons (Fsp3) is 0.240. The van der Waals surface area contributed by atoms with Gasteiger partial charge in [0.1, 0.15) is 11.3 Å². The fourth-order valence-electron chi connectivity index (χ4n) is 3.93. The minimum atomic E-state index is -0.325. The van der Waals surface area contributed by atoms with E-state index >= 15 is 0 Å². The molecule has 1 N–H and O–H groups in total. The average Bonchev–Trinajstić information content (AvgIpc) is 2.76. The molecule has 0 saturated carbocycles. The van der Waals surface area contributed by atoms with Crippen molar-refractivity contribution >= 4 is 21.7 Å². The molecule has 1 aromatic heterocycles. The van der Waals surface area contributed by atoms with Gasteiger partial charge in [0, 0.05) is 30.6 Å². The molecule has 154 valence electrons. The molecule has 4 rings (SSSR count). The molecule has 5 heteroatoms. The van der Waals surface area contributed by atoms with E-state index in [2.05, 4.69) is 48.6 Å². The number of benzene rings is 3. The average molecular weight is 402 g/mol. The number of nitrogens with one attached hydrogen (secondary N) is 1. The third-order valence-corrected chi connectivity index (χ3v) is 5.49. The van der Waals surface area contributed by atoms with Crippen LogP contribution in [0.15, 0.2) is 75.9 Å². The molecule has 3 aromatic carbocycles. The largest absolute Gasteiger partial charge is 0.497 e. The SMILES string of the molecule is COc1ccc([C@H](CNCc2cc(=O)oc3ccc4ccccc4c23)N(C)C)cc1. The minimum Gasteiger partial charge on any atom is -0.497 e. The molecule has 4 aromatic rings. The van der Waals surface area contributed by atoms with Crippen LogP contribution in [-0.2, 0) is 6.54 Å². The van der Waals surface area contributed by atoms with Crippen LogP contribution in [0.25, 0.3) is 21.7 Å². The fourth-order valence-corrected chi connectivity index (χ4v) is 3.93. The Kier molecular flexibility index (Phi) is 5.84. The van der Waals surface area contributed by atoms with E-state index in [0.29, 0.717) is 12.1 Å². The molecule has 1 heterocycles. The van der Waals surface area contributed by atoms with Gasteiger partial charge in [0.15, 0.2) is 0 Å². The highest BCUT2D eigenvalue weighted by atomic mass is 16.5. The van der Waals surface area contributed by atoms with Gasteiger partial charge in [-0.15, -0.1) is 0 Å². The van der Waals surface area contributed by atoms with E-state index in [1.807, 2.05) is 36.4 Å². The molecule has 0 aliphatic rings. The monoisotopic (exact) mass is 402 g/mol. The summed E-state index contributed by atoms with van der Waals surface area (Å²) in [6.45, 7) is 1.32. The van der Waals surface area contributed by atoms with Gasteiger partial charge in [-0.3, -0.25) is 0 Å². The van der Waals surface area contributed by atoms with Crippen LogP contribution >= 0.6 is 0 Å². The standard InChI is InChI=1S/C25H26N2O3/c1-27(2)22(18-8-11-20(29-3)12-9-18)16-26-15-19-14-24(28)30-23-13-10-17-6-4-5-7-21(17)25(19)23/h4-14,22,26H,15-16H2,1-3H3/t22-/m0/s1. The van der Waals surface area contributed by atoms with Crippen molar-refractivity contribution in [2.24, 2.45) is 0 Å². The quantitative estimate of drug-likeness (QED) is 0.368. The first-order valence-corrected chi connectivity index (χ1v) is 10.0. The Morgan fingerprint density at radius 1 is 1.03 bits per heavy atom. The predicted octanol–water partition coefficient (Wildman–Crippen LogP) is 4.35. The van der Waals surface area contributed by atoms with Gasteiger partial charge in [-0.2, -0.15) is 0 Å². The molecule has 0 bridgehead atoms. The van der Waals surface area contributed by atoms with Crippen LogP contribution in [0.5, 0.6) is 5.75 Å². The van der Waals surface area contributed by atoms with Crippen molar-refractivity contribution in [2.45, 2.75) is 12.6 Å². The first-order valence-electron chi connectivity index (χ1n) is 10.0. The van der Waals surface area contributed by atoms with Crippen molar-refractivity contribution in [3.8, 4) is 5.75 Å². The van der Waals surface area contributed by atoms with Crippen LogP contribution in [-0.4, -0.2) is 32.6 Å². The van der Waals surface area contributed by atoms with E-state index in [1.165, 1.54) is 5.56 Å². The van der Waals surface area contributed by atoms with Crippen LogP contribution in [0, 0.1) is 0 Å². The Morgan fingerprint density at radius 2 is 1.80 bits per heavy atom. The zero-order chi connectivity index (χ0) is 21.1. The molecule has 0 radical (unpaired) electrons. The zero-order valence-corrected chi connectivity index (χ0v) is 17.5. The highest BCUT2D eigenvalue weighted by Gasteiger charge is 2.15. The summed E-state index contributed by atoms with van der Waals surface area (Å²) in [6, 6.07) is 22.0. The number of likely N-dealkylation sites (N-methyl/N-ethyl adjacent to an activating group) is 1. The lowest BCUT2D eigenvalue weighted by Crippen LogP contribution is -2.31. The first kappa shape index (κ1) is 20.1. The van der Waals surface area contributed by atoms with E-state index < -0.39 is 0 Å². The maximum Gasteiger partial charge on any atom is 0.336 e. The van der Waals surface area contributed by atoms with Crippen LogP contribution in [0.4, 0.5) is 0 Å². The molecular formula is C25H26N2O3. The summed E-state index contributed by atoms with van der Waals surface area (Å²) >= 11 is 0. The van der Waals surface area contributed by atoms with E-state index in [4.69, 9.17) is 9.15 Å². The van der Waals surface area contributed by atoms with E-state index in [1.54, 1.807) is 13.2 Å². The molecule has 1 atom stereocenters. The second kappa shape index (κ2) is 8.69. The summed E-state index contributed by atoms with van der Waals surface area (Å²) in [5.41, 5.74) is 2.45. The Morgan fingerprint density at radius 3 is 2.53 bits per heavy atom. The van der Waals surface area contributed by atoms with Gasteiger partial charge in [-0.05, 0) is 54.2 Å². The second-order valence-electron chi connectivity index (χ2n) is 7.63. The Bertz CT molecular complexity index is 1210. The number of rotatable bonds is 7. The van der Waals surface area contributed by atoms with Crippen molar-refractivity contribution in [3.63, 3.8) is 0 Å². The number of hydrogen-bond acceptors (Lipinski definition) is 5. The molecule has 0 saturated heterocycles. The lowest BCUT2D eigenvalue weighted by molar-refractivity contribution is 0.288. The smallest absolute Gasteiger partial charge is 0.336 e. The van der Waals surface area contributed by atoms with Gasteiger partial charge in [0.2, 0.25) is 0 Å². The highest BCUT2D eigenvalue weighted by Crippen LogP contribution is 2.27. The number of hydrogen-bond donors (Lipinski definition) is 1. The summed E-state index contributed by atoms with van der Waals surface area (Å²) in [5.74, 6) is 0.846. The normalized spacial score (nSPS) is 12.5. The summed E-state index contributed by atoms with van der Waals surface area (Å²) in [4.78, 5) is 14.3. The lowest BCUT2D eigenvalue weighted by atomic mass is 10.0. The zero-order valence-electron chi connectivity index (χ0n) is 17.5. The summed E-state index contributed by atoms with van der Waals surface area (Å²) < 4.78 is 10.7. The van der Waals surface area contributed by atoms with Crippen LogP contribution in [0.3, 0.4) is 0 Å². The maximum absolute atomic E-state index is 12.1. The number of methoxy groups -OCH3 is 1. The second-order valence-corrected chi connectivity index (χ2v) is 7.63. The molecule has 0 amide bonds. The molecule has 0 aliphatic heterocycles. The maximum atomic E-state index is 12.1. The summed E-state index contributed by atoms with van der Waals surface area (Å²) in [7, 11) is 5.80. The Labute approximate surface area is 175 Å². The predicted molar refractivity (Wildman–Crippen MR) is 121 cm³/mol. The van der Waals surface area contributed by atoms with E-state index in [9.17, 15) is 4.79 Å². The van der Waals surface area contributed by atoms with Crippen molar-refractivity contribution in [1.82, 2.24) is 10.2 Å². The van der Waals surface area contributed by atoms with Gasteiger partial charge in [0.05, 0.1) is 7.11 Å². The van der Waals surface area contributed by atoms with Gasteiger partial charge in [-0.1, -0.05) is 42.5 Å². The molecular weight excluding hydrogens is 376 g/mol. The summed E-state index contributed by atoms with van der Waals surface area (Å²) in [5, 5.41) is 6.75. The molecule has 0 spiro atoms. The third-order valence-electron chi connectivity index (χ3n) is 5.49. The summed E-state index contributed by atoms with van der Waals surface area (Å²) in [6.07, 6.45) is 0. The first-order chi connectivity index (χ1) is 14.6. The number of ether oxygens (including phenoxy) is 1. The molecule has 0 fully saturated rings. The van der Waals surface area contributed by atoms with Gasteiger partial charge in [0.25, 0.3) is 0 Å². The topological polar surface area (TPSA) is 54.7 Å². The molecule has 30 heavy (non-hydrogen) atoms. The third kappa shape index (κ3) is 4.08. The van der Waals surface area contributed by atoms with Crippen molar-refractivity contribution < 1.29 is 9.15 Å². The number of fused-ring (bicyclic) bond motifs is 3. The highest BCUT2D eigenvalue weighted by molar-refractivity contribution is 6.07. The molecule has 0 aliphatic carbocycles. The Balaban J connectivity index is 1.60. The van der Waals surface area contributed by atoms with Crippen LogP contribution in [0.1, 0.15) is 17.2 Å². The van der Waals surface area contributed by atoms with Crippen LogP contribution < -0.4 is 15.7 Å². The number of nitrogens with zero attached hydrogens (tertiary/aromatic N) is 1. The van der Waals surface area contributed by atoms with E-state index in [-0.39, 0.29) is 11.7 Å². The Hall–Kier alpha value is -3.15. The van der Waals surface area contributed by atoms with Crippen molar-refractivity contribution in [3.05, 3.63) is 88.3 Å². The van der Waals surface area contributed by atoms with Gasteiger partial charge < -0.3 is 19.4 Å². The van der Waals surface area contributed by atoms with Gasteiger partial charge in [-0.25, -0.2) is 4.79 Å². The van der Waals surface area contributed by atoms with Crippen molar-refractivity contribution in [2.75, 3.05) is 27.7 Å². The lowest BCUT2D eigenvalue weighted by Gasteiger charge is -2.25. The molecule has 0 unspecified atom stereocenters. The van der Waals surface area contributed by atoms with Gasteiger partial charge >= 0.3 is 5.63 Å². The minimum absolute atomic E-state index is 0.194. The molecule has 5 nitrogen and oxygen atoms in total.